The fourth-order valence-electron chi connectivity index (χ4n) is 4.40. The molecule has 0 radical (unpaired) electrons. The van der Waals surface area contributed by atoms with Gasteiger partial charge in [-0.1, -0.05) is 50.2 Å². The van der Waals surface area contributed by atoms with Gasteiger partial charge in [0.25, 0.3) is 0 Å². The summed E-state index contributed by atoms with van der Waals surface area (Å²) in [5, 5.41) is 4.95. The second-order valence-corrected chi connectivity index (χ2v) is 12.0. The molecule has 1 aliphatic heterocycles. The van der Waals surface area contributed by atoms with Gasteiger partial charge in [0.15, 0.2) is 15.7 Å². The summed E-state index contributed by atoms with van der Waals surface area (Å²) in [5.74, 6) is 1.64. The standard InChI is InChI=1S/C25H32N4O2S2/c1-18(2)15-27(23-12-13-33(30,31)16-23)17-28-25(32)29(22-11-10-19(3)20(4)14-22)24(26-28)21-8-6-5-7-9-21/h5-11,14,18,23H,12-13,15-17H2,1-4H3/t23-/m0/s1. The number of rotatable bonds is 7. The maximum absolute atomic E-state index is 12.2. The summed E-state index contributed by atoms with van der Waals surface area (Å²) in [6.45, 7) is 9.75. The summed E-state index contributed by atoms with van der Waals surface area (Å²) in [5.41, 5.74) is 4.38. The van der Waals surface area contributed by atoms with Crippen LogP contribution >= 0.6 is 12.2 Å². The summed E-state index contributed by atoms with van der Waals surface area (Å²) in [6, 6.07) is 16.4. The SMILES string of the molecule is Cc1ccc(-n2c(-c3ccccc3)nn(CN(CC(C)C)[C@H]3CCS(=O)(=O)C3)c2=S)cc1C. The molecule has 0 bridgehead atoms. The first-order valence-corrected chi connectivity index (χ1v) is 13.6. The molecule has 1 atom stereocenters. The minimum absolute atomic E-state index is 0.00811. The molecule has 1 saturated heterocycles. The summed E-state index contributed by atoms with van der Waals surface area (Å²) < 4.78 is 28.8. The molecule has 1 aliphatic rings. The van der Waals surface area contributed by atoms with E-state index in [1.54, 1.807) is 0 Å². The highest BCUT2D eigenvalue weighted by Crippen LogP contribution is 2.25. The molecular formula is C25H32N4O2S2. The van der Waals surface area contributed by atoms with Crippen LogP contribution in [0.25, 0.3) is 17.1 Å². The molecule has 176 valence electrons. The highest BCUT2D eigenvalue weighted by molar-refractivity contribution is 7.91. The van der Waals surface area contributed by atoms with Crippen LogP contribution in [0.4, 0.5) is 0 Å². The molecule has 1 fully saturated rings. The molecule has 0 spiro atoms. The molecule has 6 nitrogen and oxygen atoms in total. The monoisotopic (exact) mass is 484 g/mol. The summed E-state index contributed by atoms with van der Waals surface area (Å²) >= 11 is 5.94. The van der Waals surface area contributed by atoms with Crippen molar-refractivity contribution < 1.29 is 8.42 Å². The van der Waals surface area contributed by atoms with E-state index in [4.69, 9.17) is 17.3 Å². The number of aryl methyl sites for hydroxylation is 2. The maximum atomic E-state index is 12.2. The number of nitrogens with zero attached hydrogens (tertiary/aromatic N) is 4. The lowest BCUT2D eigenvalue weighted by Gasteiger charge is -2.29. The Morgan fingerprint density at radius 2 is 1.85 bits per heavy atom. The molecule has 2 heterocycles. The van der Waals surface area contributed by atoms with E-state index in [9.17, 15) is 8.42 Å². The van der Waals surface area contributed by atoms with Gasteiger partial charge in [-0.2, -0.15) is 0 Å². The predicted octanol–water partition coefficient (Wildman–Crippen LogP) is 4.79. The van der Waals surface area contributed by atoms with Gasteiger partial charge in [-0.15, -0.1) is 5.10 Å². The molecule has 0 amide bonds. The van der Waals surface area contributed by atoms with Gasteiger partial charge in [0, 0.05) is 18.2 Å². The third kappa shape index (κ3) is 5.28. The molecule has 0 N–H and O–H groups in total. The van der Waals surface area contributed by atoms with Crippen molar-refractivity contribution in [3.63, 3.8) is 0 Å². The van der Waals surface area contributed by atoms with Crippen molar-refractivity contribution in [3.05, 3.63) is 64.4 Å². The Bertz CT molecular complexity index is 1290. The van der Waals surface area contributed by atoms with Gasteiger partial charge in [-0.05, 0) is 61.7 Å². The smallest absolute Gasteiger partial charge is 0.204 e. The van der Waals surface area contributed by atoms with Crippen LogP contribution in [0.3, 0.4) is 0 Å². The van der Waals surface area contributed by atoms with Crippen LogP contribution in [-0.2, 0) is 16.5 Å². The lowest BCUT2D eigenvalue weighted by molar-refractivity contribution is 0.137. The Balaban J connectivity index is 1.79. The zero-order valence-electron chi connectivity index (χ0n) is 19.7. The van der Waals surface area contributed by atoms with E-state index in [1.807, 2.05) is 39.6 Å². The zero-order chi connectivity index (χ0) is 23.8. The largest absolute Gasteiger partial charge is 0.280 e. The van der Waals surface area contributed by atoms with Crippen molar-refractivity contribution in [2.24, 2.45) is 5.92 Å². The fraction of sp³-hybridized carbons (Fsp3) is 0.440. The summed E-state index contributed by atoms with van der Waals surface area (Å²) in [6.07, 6.45) is 0.659. The molecule has 0 saturated carbocycles. The number of benzene rings is 2. The summed E-state index contributed by atoms with van der Waals surface area (Å²) in [7, 11) is -2.98. The fourth-order valence-corrected chi connectivity index (χ4v) is 6.45. The first kappa shape index (κ1) is 23.9. The van der Waals surface area contributed by atoms with Crippen LogP contribution in [-0.4, -0.2) is 51.8 Å². The first-order chi connectivity index (χ1) is 15.6. The van der Waals surface area contributed by atoms with Crippen molar-refractivity contribution in [1.29, 1.82) is 0 Å². The second kappa shape index (κ2) is 9.52. The van der Waals surface area contributed by atoms with E-state index in [-0.39, 0.29) is 17.5 Å². The average Bonchev–Trinajstić information content (AvgIpc) is 3.29. The van der Waals surface area contributed by atoms with Crippen molar-refractivity contribution >= 4 is 22.1 Å². The number of sulfone groups is 1. The Morgan fingerprint density at radius 3 is 2.45 bits per heavy atom. The number of hydrogen-bond donors (Lipinski definition) is 0. The minimum Gasteiger partial charge on any atom is -0.280 e. The maximum Gasteiger partial charge on any atom is 0.204 e. The van der Waals surface area contributed by atoms with Crippen LogP contribution in [0, 0.1) is 24.5 Å². The van der Waals surface area contributed by atoms with Crippen LogP contribution < -0.4 is 0 Å². The molecule has 3 aromatic rings. The van der Waals surface area contributed by atoms with Gasteiger partial charge in [0.05, 0.1) is 23.9 Å². The topological polar surface area (TPSA) is 60.1 Å². The Labute approximate surface area is 201 Å². The van der Waals surface area contributed by atoms with E-state index < -0.39 is 9.84 Å². The Kier molecular flexibility index (Phi) is 6.88. The lowest BCUT2D eigenvalue weighted by atomic mass is 10.1. The van der Waals surface area contributed by atoms with Gasteiger partial charge < -0.3 is 0 Å². The van der Waals surface area contributed by atoms with Crippen LogP contribution in [0.5, 0.6) is 0 Å². The van der Waals surface area contributed by atoms with Gasteiger partial charge in [-0.3, -0.25) is 9.47 Å². The molecule has 4 rings (SSSR count). The van der Waals surface area contributed by atoms with Gasteiger partial charge in [0.1, 0.15) is 0 Å². The molecule has 33 heavy (non-hydrogen) atoms. The van der Waals surface area contributed by atoms with Crippen LogP contribution in [0.1, 0.15) is 31.4 Å². The second-order valence-electron chi connectivity index (χ2n) is 9.44. The lowest BCUT2D eigenvalue weighted by Crippen LogP contribution is -2.40. The van der Waals surface area contributed by atoms with E-state index in [1.165, 1.54) is 11.1 Å². The van der Waals surface area contributed by atoms with E-state index in [2.05, 4.69) is 50.8 Å². The molecule has 1 aromatic heterocycles. The normalized spacial score (nSPS) is 17.8. The zero-order valence-corrected chi connectivity index (χ0v) is 21.4. The van der Waals surface area contributed by atoms with E-state index >= 15 is 0 Å². The van der Waals surface area contributed by atoms with Crippen molar-refractivity contribution in [1.82, 2.24) is 19.2 Å². The van der Waals surface area contributed by atoms with Crippen LogP contribution in [0.2, 0.25) is 0 Å². The molecule has 8 heteroatoms. The highest BCUT2D eigenvalue weighted by atomic mass is 32.2. The van der Waals surface area contributed by atoms with Gasteiger partial charge in [-0.25, -0.2) is 13.1 Å². The predicted molar refractivity (Wildman–Crippen MR) is 136 cm³/mol. The van der Waals surface area contributed by atoms with Crippen LogP contribution in [0.15, 0.2) is 48.5 Å². The third-order valence-corrected chi connectivity index (χ3v) is 8.40. The quantitative estimate of drug-likeness (QED) is 0.451. The minimum atomic E-state index is -2.98. The van der Waals surface area contributed by atoms with E-state index in [0.717, 1.165) is 23.6 Å². The molecule has 0 aliphatic carbocycles. The average molecular weight is 485 g/mol. The number of hydrogen-bond acceptors (Lipinski definition) is 5. The highest BCUT2D eigenvalue weighted by Gasteiger charge is 2.33. The Hall–Kier alpha value is -2.29. The van der Waals surface area contributed by atoms with E-state index in [0.29, 0.717) is 23.8 Å². The van der Waals surface area contributed by atoms with Crippen molar-refractivity contribution in [3.8, 4) is 17.1 Å². The molecule has 0 unspecified atom stereocenters. The number of aromatic nitrogens is 3. The van der Waals surface area contributed by atoms with Gasteiger partial charge >= 0.3 is 0 Å². The van der Waals surface area contributed by atoms with Crippen molar-refractivity contribution in [2.75, 3.05) is 18.1 Å². The third-order valence-electron chi connectivity index (χ3n) is 6.26. The summed E-state index contributed by atoms with van der Waals surface area (Å²) in [4.78, 5) is 2.23. The first-order valence-electron chi connectivity index (χ1n) is 11.4. The molecular weight excluding hydrogens is 452 g/mol. The van der Waals surface area contributed by atoms with Gasteiger partial charge in [0.2, 0.25) is 4.77 Å². The molecule has 2 aromatic carbocycles. The van der Waals surface area contributed by atoms with Crippen molar-refractivity contribution in [2.45, 2.75) is 46.8 Å². The Morgan fingerprint density at radius 1 is 1.12 bits per heavy atom.